The van der Waals surface area contributed by atoms with E-state index in [1.165, 1.54) is 0 Å². The van der Waals surface area contributed by atoms with Gasteiger partial charge in [-0.2, -0.15) is 0 Å². The number of aliphatic hydroxyl groups is 1. The van der Waals surface area contributed by atoms with Crippen molar-refractivity contribution in [3.05, 3.63) is 0 Å². The van der Waals surface area contributed by atoms with Crippen LogP contribution in [0.25, 0.3) is 0 Å². The van der Waals surface area contributed by atoms with Crippen molar-refractivity contribution >= 4 is 0 Å². The lowest BCUT2D eigenvalue weighted by atomic mass is 9.96. The highest BCUT2D eigenvalue weighted by atomic mass is 16.5. The van der Waals surface area contributed by atoms with Crippen LogP contribution < -0.4 is 0 Å². The van der Waals surface area contributed by atoms with Crippen LogP contribution in [0.3, 0.4) is 0 Å². The zero-order valence-electron chi connectivity index (χ0n) is 12.5. The van der Waals surface area contributed by atoms with E-state index in [4.69, 9.17) is 4.74 Å². The van der Waals surface area contributed by atoms with Crippen LogP contribution in [0.1, 0.15) is 33.6 Å². The van der Waals surface area contributed by atoms with Gasteiger partial charge in [0, 0.05) is 45.9 Å². The maximum Gasteiger partial charge on any atom is 0.0768 e. The van der Waals surface area contributed by atoms with Crippen molar-refractivity contribution in [2.45, 2.75) is 45.3 Å². The molecule has 0 aromatic rings. The Balaban J connectivity index is 2.35. The summed E-state index contributed by atoms with van der Waals surface area (Å²) in [5, 5.41) is 10.4. The van der Waals surface area contributed by atoms with E-state index in [0.29, 0.717) is 6.04 Å². The van der Waals surface area contributed by atoms with Crippen LogP contribution in [-0.2, 0) is 4.74 Å². The lowest BCUT2D eigenvalue weighted by molar-refractivity contribution is -0.0224. The highest BCUT2D eigenvalue weighted by Crippen LogP contribution is 2.18. The first-order valence-corrected chi connectivity index (χ1v) is 7.22. The molecule has 0 spiro atoms. The average molecular weight is 258 g/mol. The molecule has 1 fully saturated rings. The monoisotopic (exact) mass is 258 g/mol. The number of nitrogens with zero attached hydrogens (tertiary/aromatic N) is 2. The highest BCUT2D eigenvalue weighted by molar-refractivity contribution is 4.83. The number of piperazine rings is 1. The minimum atomic E-state index is -0.500. The van der Waals surface area contributed by atoms with Crippen molar-refractivity contribution in [1.29, 1.82) is 0 Å². The Hall–Kier alpha value is -0.160. The standard InChI is InChI=1S/C14H30N2O2/c1-5-14(17,6-2)12-15-7-9-16(10-8-15)13(3)11-18-4/h13,17H,5-12H2,1-4H3. The van der Waals surface area contributed by atoms with Crippen LogP contribution >= 0.6 is 0 Å². The molecular weight excluding hydrogens is 228 g/mol. The van der Waals surface area contributed by atoms with Gasteiger partial charge in [0.25, 0.3) is 0 Å². The summed E-state index contributed by atoms with van der Waals surface area (Å²) in [5.74, 6) is 0. The second-order valence-electron chi connectivity index (χ2n) is 5.55. The van der Waals surface area contributed by atoms with Crippen molar-refractivity contribution in [2.24, 2.45) is 0 Å². The molecule has 0 amide bonds. The fraction of sp³-hybridized carbons (Fsp3) is 1.00. The van der Waals surface area contributed by atoms with E-state index in [1.54, 1.807) is 7.11 Å². The summed E-state index contributed by atoms with van der Waals surface area (Å²) in [4.78, 5) is 4.86. The van der Waals surface area contributed by atoms with Crippen LogP contribution in [-0.4, -0.2) is 73.0 Å². The topological polar surface area (TPSA) is 35.9 Å². The Morgan fingerprint density at radius 3 is 2.17 bits per heavy atom. The molecule has 1 saturated heterocycles. The molecular formula is C14H30N2O2. The summed E-state index contributed by atoms with van der Waals surface area (Å²) in [6.07, 6.45) is 1.67. The van der Waals surface area contributed by atoms with E-state index >= 15 is 0 Å². The Kier molecular flexibility index (Phi) is 6.57. The number of ether oxygens (including phenoxy) is 1. The third kappa shape index (κ3) is 4.50. The van der Waals surface area contributed by atoms with Crippen LogP contribution in [0.2, 0.25) is 0 Å². The van der Waals surface area contributed by atoms with E-state index in [-0.39, 0.29) is 0 Å². The predicted octanol–water partition coefficient (Wildman–Crippen LogP) is 1.19. The molecule has 4 heteroatoms. The molecule has 0 aromatic heterocycles. The summed E-state index contributed by atoms with van der Waals surface area (Å²) in [5.41, 5.74) is -0.500. The van der Waals surface area contributed by atoms with Crippen LogP contribution in [0.4, 0.5) is 0 Å². The lowest BCUT2D eigenvalue weighted by Crippen LogP contribution is -2.54. The van der Waals surface area contributed by atoms with Gasteiger partial charge in [-0.15, -0.1) is 0 Å². The number of methoxy groups -OCH3 is 1. The SMILES string of the molecule is CCC(O)(CC)CN1CCN(C(C)COC)CC1. The third-order valence-electron chi connectivity index (χ3n) is 4.27. The minimum Gasteiger partial charge on any atom is -0.389 e. The number of rotatable bonds is 7. The van der Waals surface area contributed by atoms with Gasteiger partial charge >= 0.3 is 0 Å². The molecule has 1 aliphatic rings. The Morgan fingerprint density at radius 2 is 1.72 bits per heavy atom. The highest BCUT2D eigenvalue weighted by Gasteiger charge is 2.28. The van der Waals surface area contributed by atoms with Crippen LogP contribution in [0.5, 0.6) is 0 Å². The van der Waals surface area contributed by atoms with Gasteiger partial charge in [0.15, 0.2) is 0 Å². The van der Waals surface area contributed by atoms with E-state index in [1.807, 2.05) is 0 Å². The molecule has 0 aliphatic carbocycles. The number of hydrogen-bond acceptors (Lipinski definition) is 4. The van der Waals surface area contributed by atoms with Gasteiger partial charge in [-0.3, -0.25) is 9.80 Å². The molecule has 0 bridgehead atoms. The van der Waals surface area contributed by atoms with Gasteiger partial charge in [0.1, 0.15) is 0 Å². The summed E-state index contributed by atoms with van der Waals surface area (Å²) in [6.45, 7) is 12.2. The molecule has 18 heavy (non-hydrogen) atoms. The summed E-state index contributed by atoms with van der Waals surface area (Å²) < 4.78 is 5.20. The van der Waals surface area contributed by atoms with Crippen molar-refractivity contribution in [2.75, 3.05) is 46.4 Å². The first-order chi connectivity index (χ1) is 8.54. The van der Waals surface area contributed by atoms with Gasteiger partial charge < -0.3 is 9.84 Å². The minimum absolute atomic E-state index is 0.494. The summed E-state index contributed by atoms with van der Waals surface area (Å²) in [7, 11) is 1.76. The van der Waals surface area contributed by atoms with E-state index in [2.05, 4.69) is 30.6 Å². The zero-order valence-corrected chi connectivity index (χ0v) is 12.5. The molecule has 1 rings (SSSR count). The van der Waals surface area contributed by atoms with E-state index in [0.717, 1.165) is 52.2 Å². The second-order valence-corrected chi connectivity index (χ2v) is 5.55. The number of β-amino-alcohol motifs (C(OH)–C–C–N with tert-alkyl or cyclic N) is 1. The molecule has 4 nitrogen and oxygen atoms in total. The van der Waals surface area contributed by atoms with Crippen LogP contribution in [0.15, 0.2) is 0 Å². The summed E-state index contributed by atoms with van der Waals surface area (Å²) >= 11 is 0. The van der Waals surface area contributed by atoms with Gasteiger partial charge in [-0.1, -0.05) is 13.8 Å². The van der Waals surface area contributed by atoms with E-state index < -0.39 is 5.60 Å². The first-order valence-electron chi connectivity index (χ1n) is 7.22. The van der Waals surface area contributed by atoms with Crippen molar-refractivity contribution in [3.63, 3.8) is 0 Å². The predicted molar refractivity (Wildman–Crippen MR) is 74.9 cm³/mol. The van der Waals surface area contributed by atoms with Gasteiger partial charge in [0.2, 0.25) is 0 Å². The molecule has 108 valence electrons. The first kappa shape index (κ1) is 15.9. The van der Waals surface area contributed by atoms with Crippen molar-refractivity contribution in [3.8, 4) is 0 Å². The largest absolute Gasteiger partial charge is 0.389 e. The van der Waals surface area contributed by atoms with Gasteiger partial charge in [0.05, 0.1) is 12.2 Å². The Labute approximate surface area is 112 Å². The van der Waals surface area contributed by atoms with Crippen LogP contribution in [0, 0.1) is 0 Å². The third-order valence-corrected chi connectivity index (χ3v) is 4.27. The van der Waals surface area contributed by atoms with Crippen molar-refractivity contribution < 1.29 is 9.84 Å². The summed E-state index contributed by atoms with van der Waals surface area (Å²) in [6, 6.07) is 0.494. The molecule has 0 saturated carbocycles. The van der Waals surface area contributed by atoms with E-state index in [9.17, 15) is 5.11 Å². The smallest absolute Gasteiger partial charge is 0.0768 e. The maximum atomic E-state index is 10.4. The van der Waals surface area contributed by atoms with Crippen molar-refractivity contribution in [1.82, 2.24) is 9.80 Å². The fourth-order valence-corrected chi connectivity index (χ4v) is 2.60. The van der Waals surface area contributed by atoms with Gasteiger partial charge in [-0.05, 0) is 19.8 Å². The maximum absolute atomic E-state index is 10.4. The average Bonchev–Trinajstić information content (AvgIpc) is 2.39. The Bertz CT molecular complexity index is 224. The quantitative estimate of drug-likeness (QED) is 0.744. The molecule has 1 unspecified atom stereocenters. The normalized spacial score (nSPS) is 21.2. The van der Waals surface area contributed by atoms with Gasteiger partial charge in [-0.25, -0.2) is 0 Å². The Morgan fingerprint density at radius 1 is 1.17 bits per heavy atom. The second kappa shape index (κ2) is 7.43. The number of hydrogen-bond donors (Lipinski definition) is 1. The molecule has 1 N–H and O–H groups in total. The molecule has 0 aromatic carbocycles. The molecule has 1 atom stereocenters. The molecule has 0 radical (unpaired) electrons. The molecule has 1 heterocycles. The lowest BCUT2D eigenvalue weighted by Gasteiger charge is -2.40. The fourth-order valence-electron chi connectivity index (χ4n) is 2.60. The molecule has 1 aliphatic heterocycles. The zero-order chi connectivity index (χ0) is 13.6.